The summed E-state index contributed by atoms with van der Waals surface area (Å²) in [6.45, 7) is 5.88. The lowest BCUT2D eigenvalue weighted by molar-refractivity contribution is 0.102. The van der Waals surface area contributed by atoms with Gasteiger partial charge in [-0.25, -0.2) is 4.79 Å². The fourth-order valence-electron chi connectivity index (χ4n) is 3.74. The Bertz CT molecular complexity index is 1150. The molecule has 1 aliphatic rings. The number of urea groups is 1. The average Bonchev–Trinajstić information content (AvgIpc) is 3.10. The Labute approximate surface area is 184 Å². The third-order valence-corrected chi connectivity index (χ3v) is 5.91. The fraction of sp³-hybridized carbons (Fsp3) is 0.227. The summed E-state index contributed by atoms with van der Waals surface area (Å²) in [6, 6.07) is 10.4. The summed E-state index contributed by atoms with van der Waals surface area (Å²) in [5.74, 6) is -0.419. The number of pyridine rings is 1. The van der Waals surface area contributed by atoms with Crippen LogP contribution in [-0.4, -0.2) is 41.5 Å². The van der Waals surface area contributed by atoms with Crippen LogP contribution in [-0.2, 0) is 0 Å². The zero-order valence-corrected chi connectivity index (χ0v) is 18.1. The molecule has 0 spiro atoms. The molecule has 0 atom stereocenters. The van der Waals surface area contributed by atoms with Gasteiger partial charge in [0.05, 0.1) is 32.5 Å². The summed E-state index contributed by atoms with van der Waals surface area (Å²) in [5.41, 5.74) is 3.08. The molecule has 3 amide bonds. The van der Waals surface area contributed by atoms with Crippen LogP contribution in [0.1, 0.15) is 22.8 Å². The van der Waals surface area contributed by atoms with Gasteiger partial charge in [-0.05, 0) is 43.7 Å². The quantitative estimate of drug-likeness (QED) is 0.590. The minimum Gasteiger partial charge on any atom is -0.323 e. The third-order valence-electron chi connectivity index (χ3n) is 5.28. The van der Waals surface area contributed by atoms with E-state index in [9.17, 15) is 9.59 Å². The minimum absolute atomic E-state index is 0.0262. The summed E-state index contributed by atoms with van der Waals surface area (Å²) in [6.07, 6.45) is 1.65. The van der Waals surface area contributed by atoms with Crippen LogP contribution >= 0.6 is 23.2 Å². The largest absolute Gasteiger partial charge is 0.324 e. The van der Waals surface area contributed by atoms with Crippen molar-refractivity contribution in [3.8, 4) is 0 Å². The van der Waals surface area contributed by atoms with Gasteiger partial charge in [0.25, 0.3) is 5.91 Å². The first kappa shape index (κ1) is 20.4. The van der Waals surface area contributed by atoms with Gasteiger partial charge in [0, 0.05) is 31.2 Å². The molecule has 1 aromatic heterocycles. The highest BCUT2D eigenvalue weighted by Crippen LogP contribution is 2.35. The van der Waals surface area contributed by atoms with Gasteiger partial charge < -0.3 is 10.2 Å². The highest BCUT2D eigenvalue weighted by atomic mass is 35.5. The second-order valence-corrected chi connectivity index (χ2v) is 7.86. The van der Waals surface area contributed by atoms with Crippen LogP contribution < -0.4 is 10.2 Å². The van der Waals surface area contributed by atoms with Gasteiger partial charge in [-0.15, -0.1) is 0 Å². The first-order chi connectivity index (χ1) is 14.4. The van der Waals surface area contributed by atoms with E-state index in [2.05, 4.69) is 10.3 Å². The van der Waals surface area contributed by atoms with Crippen LogP contribution in [0, 0.1) is 6.92 Å². The molecule has 4 rings (SSSR count). The van der Waals surface area contributed by atoms with Crippen LogP contribution in [0.15, 0.2) is 42.6 Å². The summed E-state index contributed by atoms with van der Waals surface area (Å²) < 4.78 is 0. The Hall–Kier alpha value is -2.83. The summed E-state index contributed by atoms with van der Waals surface area (Å²) in [4.78, 5) is 33.7. The predicted octanol–water partition coefficient (Wildman–Crippen LogP) is 5.36. The zero-order valence-electron chi connectivity index (χ0n) is 16.6. The molecule has 1 N–H and O–H groups in total. The molecule has 0 radical (unpaired) electrons. The number of anilines is 2. The number of hydrogen-bond acceptors (Lipinski definition) is 3. The molecular formula is C22H20Cl2N4O2. The van der Waals surface area contributed by atoms with Gasteiger partial charge in [-0.3, -0.25) is 14.7 Å². The van der Waals surface area contributed by atoms with E-state index in [1.54, 1.807) is 40.3 Å². The lowest BCUT2D eigenvalue weighted by Crippen LogP contribution is -2.31. The Morgan fingerprint density at radius 3 is 2.53 bits per heavy atom. The van der Waals surface area contributed by atoms with Gasteiger partial charge in [0.2, 0.25) is 0 Å². The molecule has 30 heavy (non-hydrogen) atoms. The maximum Gasteiger partial charge on any atom is 0.324 e. The smallest absolute Gasteiger partial charge is 0.323 e. The second kappa shape index (κ2) is 8.13. The lowest BCUT2D eigenvalue weighted by atomic mass is 10.1. The molecule has 0 bridgehead atoms. The van der Waals surface area contributed by atoms with Crippen molar-refractivity contribution in [2.75, 3.05) is 29.9 Å². The second-order valence-electron chi connectivity index (χ2n) is 7.05. The van der Waals surface area contributed by atoms with Gasteiger partial charge >= 0.3 is 6.03 Å². The van der Waals surface area contributed by atoms with Crippen LogP contribution in [0.2, 0.25) is 10.0 Å². The number of aryl methyl sites for hydroxylation is 1. The Morgan fingerprint density at radius 2 is 1.87 bits per heavy atom. The molecule has 2 heterocycles. The number of halogens is 2. The summed E-state index contributed by atoms with van der Waals surface area (Å²) >= 11 is 12.4. The molecule has 0 aliphatic carbocycles. The molecule has 1 saturated heterocycles. The van der Waals surface area contributed by atoms with E-state index >= 15 is 0 Å². The van der Waals surface area contributed by atoms with Crippen molar-refractivity contribution < 1.29 is 9.59 Å². The van der Waals surface area contributed by atoms with E-state index < -0.39 is 5.91 Å². The molecule has 2 aromatic carbocycles. The number of rotatable bonds is 4. The van der Waals surface area contributed by atoms with Gasteiger partial charge in [-0.1, -0.05) is 35.3 Å². The van der Waals surface area contributed by atoms with E-state index in [1.807, 2.05) is 26.0 Å². The van der Waals surface area contributed by atoms with Crippen molar-refractivity contribution in [1.29, 1.82) is 0 Å². The van der Waals surface area contributed by atoms with Crippen molar-refractivity contribution in [2.24, 2.45) is 0 Å². The fourth-order valence-corrected chi connectivity index (χ4v) is 4.31. The van der Waals surface area contributed by atoms with E-state index in [0.717, 1.165) is 16.6 Å². The van der Waals surface area contributed by atoms with Crippen molar-refractivity contribution >= 4 is 57.4 Å². The lowest BCUT2D eigenvalue weighted by Gasteiger charge is -2.21. The number of benzene rings is 2. The number of carbonyl (C=O) groups excluding carboxylic acids is 2. The topological polar surface area (TPSA) is 65.5 Å². The molecule has 0 unspecified atom stereocenters. The number of hydrogen-bond donors (Lipinski definition) is 1. The molecule has 1 fully saturated rings. The van der Waals surface area contributed by atoms with E-state index in [0.29, 0.717) is 30.8 Å². The number of nitrogens with zero attached hydrogens (tertiary/aromatic N) is 3. The zero-order chi connectivity index (χ0) is 21.4. The van der Waals surface area contributed by atoms with E-state index in [1.165, 1.54) is 0 Å². The van der Waals surface area contributed by atoms with E-state index in [4.69, 9.17) is 23.2 Å². The van der Waals surface area contributed by atoms with Gasteiger partial charge in [0.1, 0.15) is 0 Å². The van der Waals surface area contributed by atoms with Crippen LogP contribution in [0.3, 0.4) is 0 Å². The van der Waals surface area contributed by atoms with Crippen molar-refractivity contribution in [3.63, 3.8) is 0 Å². The predicted molar refractivity (Wildman–Crippen MR) is 121 cm³/mol. The standard InChI is InChI=1S/C22H20Cl2N4O2/c1-3-27-11-12-28(22(27)30)17-9-10-25-20-16(8-7-13(2)18(17)20)26-21(29)19-14(23)5-4-6-15(19)24/h4-10H,3,11-12H2,1-2H3,(H,26,29). The highest BCUT2D eigenvalue weighted by Gasteiger charge is 2.30. The maximum atomic E-state index is 12.9. The first-order valence-electron chi connectivity index (χ1n) is 9.62. The number of likely N-dealkylation sites (N-methyl/N-ethyl adjacent to an activating group) is 1. The number of amides is 3. The van der Waals surface area contributed by atoms with Gasteiger partial charge in [0.15, 0.2) is 0 Å². The summed E-state index contributed by atoms with van der Waals surface area (Å²) in [5, 5.41) is 4.24. The molecule has 154 valence electrons. The molecule has 8 heteroatoms. The van der Waals surface area contributed by atoms with Crippen LogP contribution in [0.5, 0.6) is 0 Å². The van der Waals surface area contributed by atoms with Gasteiger partial charge in [-0.2, -0.15) is 0 Å². The van der Waals surface area contributed by atoms with E-state index in [-0.39, 0.29) is 21.6 Å². The number of carbonyl (C=O) groups is 2. The number of nitrogens with one attached hydrogen (secondary N) is 1. The monoisotopic (exact) mass is 442 g/mol. The maximum absolute atomic E-state index is 12.9. The van der Waals surface area contributed by atoms with Crippen molar-refractivity contribution in [2.45, 2.75) is 13.8 Å². The minimum atomic E-state index is -0.419. The molecule has 6 nitrogen and oxygen atoms in total. The van der Waals surface area contributed by atoms with Crippen LogP contribution in [0.25, 0.3) is 10.9 Å². The first-order valence-corrected chi connectivity index (χ1v) is 10.4. The van der Waals surface area contributed by atoms with Crippen LogP contribution in [0.4, 0.5) is 16.2 Å². The third kappa shape index (κ3) is 3.46. The molecule has 1 aliphatic heterocycles. The Kier molecular flexibility index (Phi) is 5.54. The average molecular weight is 443 g/mol. The normalized spacial score (nSPS) is 13.9. The summed E-state index contributed by atoms with van der Waals surface area (Å²) in [7, 11) is 0. The molecule has 3 aromatic rings. The molecular weight excluding hydrogens is 423 g/mol. The molecule has 0 saturated carbocycles. The Morgan fingerprint density at radius 1 is 1.13 bits per heavy atom. The number of fused-ring (bicyclic) bond motifs is 1. The van der Waals surface area contributed by atoms with Crippen molar-refractivity contribution in [1.82, 2.24) is 9.88 Å². The Balaban J connectivity index is 1.77. The SMILES string of the molecule is CCN1CCN(c2ccnc3c(NC(=O)c4c(Cl)cccc4Cl)ccc(C)c23)C1=O. The number of aromatic nitrogens is 1. The van der Waals surface area contributed by atoms with Crippen molar-refractivity contribution in [3.05, 3.63) is 63.8 Å². The highest BCUT2D eigenvalue weighted by molar-refractivity contribution is 6.40.